The van der Waals surface area contributed by atoms with Crippen LogP contribution in [0.2, 0.25) is 0 Å². The third kappa shape index (κ3) is 3.79. The monoisotopic (exact) mass is 492 g/mol. The summed E-state index contributed by atoms with van der Waals surface area (Å²) >= 11 is 0. The molecule has 0 saturated carbocycles. The Morgan fingerprint density at radius 1 is 1.09 bits per heavy atom. The van der Waals surface area contributed by atoms with E-state index in [4.69, 9.17) is 0 Å². The van der Waals surface area contributed by atoms with Crippen molar-refractivity contribution in [3.8, 4) is 11.6 Å². The zero-order valence-corrected chi connectivity index (χ0v) is 18.8. The number of fused-ring (bicyclic) bond motifs is 1. The van der Waals surface area contributed by atoms with Gasteiger partial charge in [0.05, 0.1) is 28.3 Å². The lowest BCUT2D eigenvalue weighted by Gasteiger charge is -2.09. The summed E-state index contributed by atoms with van der Waals surface area (Å²) in [7, 11) is -3.75. The molecule has 0 unspecified atom stereocenters. The van der Waals surface area contributed by atoms with E-state index >= 15 is 0 Å². The number of alkyl halides is 3. The predicted octanol–water partition coefficient (Wildman–Crippen LogP) is 3.58. The molecule has 2 N–H and O–H groups in total. The molecule has 34 heavy (non-hydrogen) atoms. The Kier molecular flexibility index (Phi) is 5.64. The maximum absolute atomic E-state index is 13.1. The van der Waals surface area contributed by atoms with E-state index in [0.29, 0.717) is 5.52 Å². The molecule has 8 nitrogen and oxygen atoms in total. The molecule has 2 aromatic heterocycles. The second-order valence-electron chi connectivity index (χ2n) is 7.51. The van der Waals surface area contributed by atoms with Crippen LogP contribution in [0, 0.1) is 6.92 Å². The van der Waals surface area contributed by atoms with Crippen molar-refractivity contribution in [1.29, 1.82) is 0 Å². The van der Waals surface area contributed by atoms with Crippen LogP contribution in [0.4, 0.5) is 18.9 Å². The van der Waals surface area contributed by atoms with E-state index in [1.165, 1.54) is 11.5 Å². The molecule has 0 radical (unpaired) electrons. The fourth-order valence-corrected chi connectivity index (χ4v) is 4.40. The minimum absolute atomic E-state index is 0.0173. The van der Waals surface area contributed by atoms with E-state index < -0.39 is 31.8 Å². The molecule has 12 heteroatoms. The van der Waals surface area contributed by atoms with Gasteiger partial charge in [0.15, 0.2) is 0 Å². The molecule has 2 heterocycles. The van der Waals surface area contributed by atoms with Crippen molar-refractivity contribution in [3.05, 3.63) is 76.5 Å². The van der Waals surface area contributed by atoms with E-state index in [1.54, 1.807) is 19.3 Å². The van der Waals surface area contributed by atoms with Gasteiger partial charge in [0.1, 0.15) is 0 Å². The zero-order chi connectivity index (χ0) is 24.8. The molecule has 0 aliphatic rings. The molecule has 0 fully saturated rings. The first-order valence-corrected chi connectivity index (χ1v) is 11.4. The van der Waals surface area contributed by atoms with Crippen molar-refractivity contribution in [2.45, 2.75) is 23.9 Å². The standard InChI is InChI=1S/C22H19F3N4O4S/c1-13-20(30)29(16-4-6-17(7-5-16)34(32,33)22(23,24)25)21(31)28(13)12-14-9-10-27-19-11-15(26-2)3-8-18(14)19/h3-11,26,30H,12H2,1-2H3. The van der Waals surface area contributed by atoms with Gasteiger partial charge in [0.2, 0.25) is 5.88 Å². The van der Waals surface area contributed by atoms with Gasteiger partial charge in [-0.1, -0.05) is 6.07 Å². The number of benzene rings is 2. The summed E-state index contributed by atoms with van der Waals surface area (Å²) in [5, 5.41) is 14.4. The number of anilines is 1. The topological polar surface area (TPSA) is 106 Å². The Balaban J connectivity index is 1.76. The molecular formula is C22H19F3N4O4S. The van der Waals surface area contributed by atoms with E-state index in [0.717, 1.165) is 45.5 Å². The summed E-state index contributed by atoms with van der Waals surface area (Å²) in [5.74, 6) is -0.410. The largest absolute Gasteiger partial charge is 0.501 e. The lowest BCUT2D eigenvalue weighted by molar-refractivity contribution is -0.0436. The second kappa shape index (κ2) is 8.20. The van der Waals surface area contributed by atoms with Gasteiger partial charge in [0, 0.05) is 24.3 Å². The molecule has 0 aliphatic carbocycles. The summed E-state index contributed by atoms with van der Waals surface area (Å²) < 4.78 is 63.8. The Morgan fingerprint density at radius 3 is 2.38 bits per heavy atom. The zero-order valence-electron chi connectivity index (χ0n) is 18.0. The van der Waals surface area contributed by atoms with Gasteiger partial charge in [-0.25, -0.2) is 17.8 Å². The van der Waals surface area contributed by atoms with Gasteiger partial charge in [-0.15, -0.1) is 0 Å². The maximum atomic E-state index is 13.1. The smallest absolute Gasteiger partial charge is 0.493 e. The van der Waals surface area contributed by atoms with Gasteiger partial charge >= 0.3 is 11.2 Å². The van der Waals surface area contributed by atoms with Crippen LogP contribution >= 0.6 is 0 Å². The Bertz CT molecular complexity index is 1560. The molecule has 0 atom stereocenters. The number of aromatic nitrogens is 3. The predicted molar refractivity (Wildman–Crippen MR) is 120 cm³/mol. The summed E-state index contributed by atoms with van der Waals surface area (Å²) in [6.45, 7) is 1.63. The number of pyridine rings is 1. The second-order valence-corrected chi connectivity index (χ2v) is 9.45. The van der Waals surface area contributed by atoms with Crippen molar-refractivity contribution in [3.63, 3.8) is 0 Å². The van der Waals surface area contributed by atoms with Crippen LogP contribution in [0.1, 0.15) is 11.3 Å². The molecular weight excluding hydrogens is 473 g/mol. The number of imidazole rings is 1. The van der Waals surface area contributed by atoms with Gasteiger partial charge in [-0.05, 0) is 55.0 Å². The van der Waals surface area contributed by atoms with E-state index in [9.17, 15) is 31.5 Å². The number of hydrogen-bond acceptors (Lipinski definition) is 6. The third-order valence-corrected chi connectivity index (χ3v) is 7.02. The summed E-state index contributed by atoms with van der Waals surface area (Å²) in [4.78, 5) is 16.5. The van der Waals surface area contributed by atoms with Crippen LogP contribution < -0.4 is 11.0 Å². The highest BCUT2D eigenvalue weighted by atomic mass is 32.2. The van der Waals surface area contributed by atoms with Crippen LogP contribution in [0.3, 0.4) is 0 Å². The third-order valence-electron chi connectivity index (χ3n) is 5.52. The Hall–Kier alpha value is -3.80. The first-order chi connectivity index (χ1) is 16.0. The number of aromatic hydroxyl groups is 1. The SMILES string of the molecule is CNc1ccc2c(Cn3c(C)c(O)n(-c4ccc(S(=O)(=O)C(F)(F)F)cc4)c3=O)ccnc2c1. The minimum Gasteiger partial charge on any atom is -0.493 e. The molecule has 0 spiro atoms. The number of hydrogen-bond donors (Lipinski definition) is 2. The van der Waals surface area contributed by atoms with E-state index in [-0.39, 0.29) is 17.9 Å². The molecule has 2 aromatic carbocycles. The fraction of sp³-hybridized carbons (Fsp3) is 0.182. The molecule has 4 aromatic rings. The normalized spacial score (nSPS) is 12.3. The average Bonchev–Trinajstić information content (AvgIpc) is 3.01. The van der Waals surface area contributed by atoms with Crippen molar-refractivity contribution in [1.82, 2.24) is 14.1 Å². The van der Waals surface area contributed by atoms with Gasteiger partial charge < -0.3 is 10.4 Å². The van der Waals surface area contributed by atoms with Crippen molar-refractivity contribution < 1.29 is 26.7 Å². The number of sulfone groups is 1. The number of nitrogens with one attached hydrogen (secondary N) is 1. The van der Waals surface area contributed by atoms with Crippen LogP contribution in [0.5, 0.6) is 5.88 Å². The first kappa shape index (κ1) is 23.4. The molecule has 0 amide bonds. The Labute approximate surface area is 191 Å². The quantitative estimate of drug-likeness (QED) is 0.441. The van der Waals surface area contributed by atoms with Crippen LogP contribution in [-0.4, -0.2) is 40.2 Å². The van der Waals surface area contributed by atoms with Gasteiger partial charge in [0.25, 0.3) is 9.84 Å². The number of rotatable bonds is 5. The molecule has 4 rings (SSSR count). The summed E-state index contributed by atoms with van der Waals surface area (Å²) in [6.07, 6.45) is 1.61. The maximum Gasteiger partial charge on any atom is 0.501 e. The fourth-order valence-electron chi connectivity index (χ4n) is 3.64. The highest BCUT2D eigenvalue weighted by Gasteiger charge is 2.46. The van der Waals surface area contributed by atoms with Gasteiger partial charge in [-0.3, -0.25) is 9.55 Å². The molecule has 178 valence electrons. The van der Waals surface area contributed by atoms with E-state index in [2.05, 4.69) is 10.3 Å². The highest BCUT2D eigenvalue weighted by molar-refractivity contribution is 7.92. The highest BCUT2D eigenvalue weighted by Crippen LogP contribution is 2.31. The minimum atomic E-state index is -5.53. The average molecular weight is 492 g/mol. The van der Waals surface area contributed by atoms with E-state index in [1.807, 2.05) is 18.2 Å². The lowest BCUT2D eigenvalue weighted by atomic mass is 10.1. The van der Waals surface area contributed by atoms with Crippen molar-refractivity contribution in [2.75, 3.05) is 12.4 Å². The number of halogens is 3. The summed E-state index contributed by atoms with van der Waals surface area (Å²) in [6, 6.07) is 10.9. The van der Waals surface area contributed by atoms with Gasteiger partial charge in [-0.2, -0.15) is 13.2 Å². The lowest BCUT2D eigenvalue weighted by Crippen LogP contribution is -2.25. The molecule has 0 saturated heterocycles. The Morgan fingerprint density at radius 2 is 1.76 bits per heavy atom. The summed E-state index contributed by atoms with van der Waals surface area (Å²) in [5.41, 5.74) is -3.50. The first-order valence-electron chi connectivity index (χ1n) is 9.94. The molecule has 0 aliphatic heterocycles. The molecule has 0 bridgehead atoms. The van der Waals surface area contributed by atoms with Crippen LogP contribution in [0.25, 0.3) is 16.6 Å². The van der Waals surface area contributed by atoms with Crippen LogP contribution in [-0.2, 0) is 16.4 Å². The van der Waals surface area contributed by atoms with Crippen LogP contribution in [0.15, 0.2) is 64.4 Å². The van der Waals surface area contributed by atoms with Crippen molar-refractivity contribution in [2.24, 2.45) is 0 Å². The van der Waals surface area contributed by atoms with Crippen molar-refractivity contribution >= 4 is 26.4 Å². The number of nitrogens with zero attached hydrogens (tertiary/aromatic N) is 3.